The number of hydrogen-bond acceptors (Lipinski definition) is 3. The highest BCUT2D eigenvalue weighted by atomic mass is 32.2. The van der Waals surface area contributed by atoms with Gasteiger partial charge in [-0.3, -0.25) is 4.55 Å². The monoisotopic (exact) mass is 304 g/mol. The average molecular weight is 304 g/mol. The molecule has 21 heavy (non-hydrogen) atoms. The molecule has 0 saturated heterocycles. The Bertz CT molecular complexity index is 682. The summed E-state index contributed by atoms with van der Waals surface area (Å²) in [7, 11) is -4.05. The van der Waals surface area contributed by atoms with Crippen molar-refractivity contribution in [3.8, 4) is 12.3 Å². The van der Waals surface area contributed by atoms with Gasteiger partial charge in [0.15, 0.2) is 0 Å². The van der Waals surface area contributed by atoms with Crippen LogP contribution in [-0.2, 0) is 16.5 Å². The SMILES string of the molecule is C#C[C]1C=CC(N)=CC1.CCc1ccccc1S(=O)(=O)O. The summed E-state index contributed by atoms with van der Waals surface area (Å²) in [5, 5.41) is 0. The topological polar surface area (TPSA) is 80.4 Å². The van der Waals surface area contributed by atoms with Crippen LogP contribution in [-0.4, -0.2) is 13.0 Å². The van der Waals surface area contributed by atoms with Crippen LogP contribution in [0.25, 0.3) is 0 Å². The van der Waals surface area contributed by atoms with E-state index in [0.29, 0.717) is 12.0 Å². The van der Waals surface area contributed by atoms with Crippen LogP contribution in [0.5, 0.6) is 0 Å². The van der Waals surface area contributed by atoms with Crippen LogP contribution in [0.1, 0.15) is 18.9 Å². The van der Waals surface area contributed by atoms with Crippen molar-refractivity contribution in [3.05, 3.63) is 59.7 Å². The highest BCUT2D eigenvalue weighted by Crippen LogP contribution is 2.15. The average Bonchev–Trinajstić information content (AvgIpc) is 2.48. The van der Waals surface area contributed by atoms with E-state index in [1.54, 1.807) is 18.2 Å². The lowest BCUT2D eigenvalue weighted by Crippen LogP contribution is -2.01. The third kappa shape index (κ3) is 5.46. The van der Waals surface area contributed by atoms with Crippen LogP contribution >= 0.6 is 0 Å². The first-order chi connectivity index (χ1) is 9.88. The fourth-order valence-electron chi connectivity index (χ4n) is 1.72. The van der Waals surface area contributed by atoms with Gasteiger partial charge in [0.1, 0.15) is 0 Å². The molecule has 0 aliphatic heterocycles. The lowest BCUT2D eigenvalue weighted by Gasteiger charge is -2.05. The molecule has 1 aliphatic carbocycles. The van der Waals surface area contributed by atoms with Gasteiger partial charge in [-0.25, -0.2) is 0 Å². The van der Waals surface area contributed by atoms with E-state index in [1.165, 1.54) is 6.07 Å². The molecule has 111 valence electrons. The Hall–Kier alpha value is -2.03. The second-order valence-electron chi connectivity index (χ2n) is 4.35. The summed E-state index contributed by atoms with van der Waals surface area (Å²) in [4.78, 5) is 0.00694. The molecule has 3 N–H and O–H groups in total. The van der Waals surface area contributed by atoms with Crippen LogP contribution < -0.4 is 5.73 Å². The fourth-order valence-corrected chi connectivity index (χ4v) is 2.51. The predicted molar refractivity (Wildman–Crippen MR) is 83.7 cm³/mol. The predicted octanol–water partition coefficient (Wildman–Crippen LogP) is 2.49. The van der Waals surface area contributed by atoms with E-state index in [1.807, 2.05) is 25.2 Å². The maximum Gasteiger partial charge on any atom is 0.294 e. The number of allylic oxidation sites excluding steroid dienone is 3. The van der Waals surface area contributed by atoms with Crippen LogP contribution in [0.2, 0.25) is 0 Å². The lowest BCUT2D eigenvalue weighted by atomic mass is 10.0. The maximum absolute atomic E-state index is 10.8. The fraction of sp³-hybridized carbons (Fsp3) is 0.188. The molecule has 1 aromatic rings. The van der Waals surface area contributed by atoms with E-state index in [-0.39, 0.29) is 4.90 Å². The van der Waals surface area contributed by atoms with Gasteiger partial charge in [0.2, 0.25) is 0 Å². The third-order valence-corrected chi connectivity index (χ3v) is 3.81. The van der Waals surface area contributed by atoms with E-state index in [2.05, 4.69) is 5.92 Å². The van der Waals surface area contributed by atoms with Crippen molar-refractivity contribution >= 4 is 10.1 Å². The van der Waals surface area contributed by atoms with Crippen LogP contribution in [0.3, 0.4) is 0 Å². The number of hydrogen-bond donors (Lipinski definition) is 2. The van der Waals surface area contributed by atoms with Gasteiger partial charge < -0.3 is 5.73 Å². The van der Waals surface area contributed by atoms with Gasteiger partial charge in [-0.05, 0) is 30.5 Å². The number of benzene rings is 1. The van der Waals surface area contributed by atoms with E-state index in [9.17, 15) is 8.42 Å². The van der Waals surface area contributed by atoms with Crippen molar-refractivity contribution in [1.82, 2.24) is 0 Å². The minimum atomic E-state index is -4.05. The minimum absolute atomic E-state index is 0.00694. The van der Waals surface area contributed by atoms with Crippen molar-refractivity contribution in [2.24, 2.45) is 5.73 Å². The maximum atomic E-state index is 10.8. The number of terminal acetylenes is 1. The summed E-state index contributed by atoms with van der Waals surface area (Å²) in [6, 6.07) is 6.41. The Morgan fingerprint density at radius 1 is 1.33 bits per heavy atom. The van der Waals surface area contributed by atoms with Gasteiger partial charge in [0.25, 0.3) is 10.1 Å². The molecule has 1 aromatic carbocycles. The molecule has 0 atom stereocenters. The summed E-state index contributed by atoms with van der Waals surface area (Å²) < 4.78 is 30.3. The summed E-state index contributed by atoms with van der Waals surface area (Å²) in [5.74, 6) is 3.54. The van der Waals surface area contributed by atoms with Gasteiger partial charge >= 0.3 is 0 Å². The molecule has 1 radical (unpaired) electrons. The molecular weight excluding hydrogens is 286 g/mol. The lowest BCUT2D eigenvalue weighted by molar-refractivity contribution is 0.482. The van der Waals surface area contributed by atoms with Crippen LogP contribution in [0.4, 0.5) is 0 Å². The van der Waals surface area contributed by atoms with Crippen molar-refractivity contribution in [2.45, 2.75) is 24.7 Å². The Labute approximate surface area is 126 Å². The third-order valence-electron chi connectivity index (χ3n) is 2.85. The first kappa shape index (κ1) is 17.0. The highest BCUT2D eigenvalue weighted by Gasteiger charge is 2.12. The Morgan fingerprint density at radius 2 is 2.00 bits per heavy atom. The Balaban J connectivity index is 0.000000219. The Kier molecular flexibility index (Phi) is 6.22. The summed E-state index contributed by atoms with van der Waals surface area (Å²) in [6.45, 7) is 1.84. The Morgan fingerprint density at radius 3 is 2.43 bits per heavy atom. The molecule has 0 amide bonds. The molecule has 0 bridgehead atoms. The quantitative estimate of drug-likeness (QED) is 0.650. The van der Waals surface area contributed by atoms with Crippen molar-refractivity contribution in [2.75, 3.05) is 0 Å². The largest absolute Gasteiger partial charge is 0.399 e. The molecule has 0 heterocycles. The highest BCUT2D eigenvalue weighted by molar-refractivity contribution is 7.85. The normalized spacial score (nSPS) is 14.6. The van der Waals surface area contributed by atoms with Gasteiger partial charge in [0.05, 0.1) is 10.8 Å². The molecule has 5 heteroatoms. The summed E-state index contributed by atoms with van der Waals surface area (Å²) in [5.41, 5.74) is 6.88. The molecule has 0 aromatic heterocycles. The van der Waals surface area contributed by atoms with Gasteiger partial charge in [-0.2, -0.15) is 8.42 Å². The zero-order valence-corrected chi connectivity index (χ0v) is 12.6. The van der Waals surface area contributed by atoms with Gasteiger partial charge in [-0.15, -0.1) is 6.42 Å². The van der Waals surface area contributed by atoms with Crippen molar-refractivity contribution in [1.29, 1.82) is 0 Å². The number of nitrogens with two attached hydrogens (primary N) is 1. The molecule has 0 unspecified atom stereocenters. The van der Waals surface area contributed by atoms with E-state index in [0.717, 1.165) is 18.0 Å². The molecular formula is C16H18NO3S. The molecule has 0 saturated carbocycles. The van der Waals surface area contributed by atoms with Gasteiger partial charge in [0, 0.05) is 5.70 Å². The smallest absolute Gasteiger partial charge is 0.294 e. The zero-order valence-electron chi connectivity index (χ0n) is 11.8. The standard InChI is InChI=1S/C8H8N.C8H10O3S/c1-2-7-3-5-8(9)6-4-7;1-2-7-5-3-4-6-8(7)12(9,10)11/h1,3,5-6H,4,9H2;3-6H,2H2,1H3,(H,9,10,11). The van der Waals surface area contributed by atoms with Crippen molar-refractivity contribution in [3.63, 3.8) is 0 Å². The van der Waals surface area contributed by atoms with Crippen LogP contribution in [0, 0.1) is 18.3 Å². The van der Waals surface area contributed by atoms with Gasteiger partial charge in [-0.1, -0.05) is 43.2 Å². The summed E-state index contributed by atoms with van der Waals surface area (Å²) >= 11 is 0. The second kappa shape index (κ2) is 7.67. The van der Waals surface area contributed by atoms with E-state index < -0.39 is 10.1 Å². The van der Waals surface area contributed by atoms with Crippen molar-refractivity contribution < 1.29 is 13.0 Å². The zero-order chi connectivity index (χ0) is 15.9. The summed E-state index contributed by atoms with van der Waals surface area (Å²) in [6.07, 6.45) is 12.1. The molecule has 0 fully saturated rings. The molecule has 1 aliphatic rings. The van der Waals surface area contributed by atoms with Crippen LogP contribution in [0.15, 0.2) is 53.1 Å². The van der Waals surface area contributed by atoms with E-state index in [4.69, 9.17) is 16.7 Å². The first-order valence-electron chi connectivity index (χ1n) is 6.40. The number of rotatable bonds is 2. The minimum Gasteiger partial charge on any atom is -0.399 e. The van der Waals surface area contributed by atoms with E-state index >= 15 is 0 Å². The number of aryl methyl sites for hydroxylation is 1. The molecule has 4 nitrogen and oxygen atoms in total. The molecule has 2 rings (SSSR count). The second-order valence-corrected chi connectivity index (χ2v) is 5.74. The molecule has 0 spiro atoms. The first-order valence-corrected chi connectivity index (χ1v) is 7.84.